The molecular weight excluding hydrogens is 581 g/mol. The number of likely N-dealkylation sites (N-methyl/N-ethyl adjacent to an activating group) is 1. The number of alkyl halides is 3. The minimum absolute atomic E-state index is 0.0599. The number of carbonyl (C=O) groups is 2. The standard InChI is InChI=1S/C29H35F3N8O2S/c1-5-38-8-10-39(11-9-38)23-14-21(29(30,31)32)13-22(15-23)37-27(42)20-7-6-18(2)25(12-20)40(34-4)17-24(33)26-16-35-28(43-26)36-19(3)41/h6-7,12-17,34H,5,8-11,33H2,1-4H3,(H,37,42)(H,35,36,41)/b24-17-. The van der Waals surface area contributed by atoms with Crippen LogP contribution in [0.3, 0.4) is 0 Å². The van der Waals surface area contributed by atoms with Crippen LogP contribution in [0.15, 0.2) is 48.8 Å². The Labute approximate surface area is 252 Å². The van der Waals surface area contributed by atoms with Crippen molar-refractivity contribution in [2.45, 2.75) is 26.9 Å². The molecule has 14 heteroatoms. The summed E-state index contributed by atoms with van der Waals surface area (Å²) in [4.78, 5) is 33.5. The highest BCUT2D eigenvalue weighted by Crippen LogP contribution is 2.35. The third kappa shape index (κ3) is 8.03. The molecule has 1 aliphatic rings. The van der Waals surface area contributed by atoms with Crippen LogP contribution in [-0.4, -0.2) is 61.5 Å². The van der Waals surface area contributed by atoms with Gasteiger partial charge in [-0.25, -0.2) is 10.4 Å². The molecule has 1 aromatic heterocycles. The van der Waals surface area contributed by atoms with E-state index in [0.29, 0.717) is 40.2 Å². The van der Waals surface area contributed by atoms with Gasteiger partial charge in [-0.1, -0.05) is 24.3 Å². The molecule has 1 aliphatic heterocycles. The van der Waals surface area contributed by atoms with E-state index >= 15 is 0 Å². The number of halogens is 3. The third-order valence-electron chi connectivity index (χ3n) is 7.00. The van der Waals surface area contributed by atoms with Gasteiger partial charge in [0.15, 0.2) is 5.13 Å². The molecule has 3 aromatic rings. The molecule has 0 saturated carbocycles. The van der Waals surface area contributed by atoms with Crippen molar-refractivity contribution in [1.82, 2.24) is 15.3 Å². The number of benzene rings is 2. The Bertz CT molecular complexity index is 1500. The number of aromatic nitrogens is 1. The number of aryl methyl sites for hydroxylation is 1. The summed E-state index contributed by atoms with van der Waals surface area (Å²) >= 11 is 1.20. The maximum absolute atomic E-state index is 13.8. The van der Waals surface area contributed by atoms with E-state index in [4.69, 9.17) is 5.73 Å². The van der Waals surface area contributed by atoms with Crippen LogP contribution in [0.2, 0.25) is 0 Å². The molecule has 230 valence electrons. The molecule has 0 bridgehead atoms. The average Bonchev–Trinajstić information content (AvgIpc) is 3.43. The zero-order valence-electron chi connectivity index (χ0n) is 24.4. The first kappa shape index (κ1) is 31.8. The van der Waals surface area contributed by atoms with Gasteiger partial charge in [0, 0.05) is 69.5 Å². The minimum atomic E-state index is -4.57. The number of rotatable bonds is 9. The first-order chi connectivity index (χ1) is 20.4. The van der Waals surface area contributed by atoms with Crippen molar-refractivity contribution < 1.29 is 22.8 Å². The van der Waals surface area contributed by atoms with Gasteiger partial charge in [-0.2, -0.15) is 13.2 Å². The van der Waals surface area contributed by atoms with E-state index in [1.54, 1.807) is 48.7 Å². The second kappa shape index (κ2) is 13.4. The minimum Gasteiger partial charge on any atom is -0.396 e. The summed E-state index contributed by atoms with van der Waals surface area (Å²) in [5.74, 6) is -0.806. The molecule has 0 radical (unpaired) electrons. The summed E-state index contributed by atoms with van der Waals surface area (Å²) in [6.45, 7) is 8.86. The highest BCUT2D eigenvalue weighted by atomic mass is 32.1. The molecule has 10 nitrogen and oxygen atoms in total. The fourth-order valence-electron chi connectivity index (χ4n) is 4.64. The number of piperazine rings is 1. The lowest BCUT2D eigenvalue weighted by molar-refractivity contribution is -0.137. The summed E-state index contributed by atoms with van der Waals surface area (Å²) < 4.78 is 41.4. The molecule has 2 heterocycles. The van der Waals surface area contributed by atoms with Gasteiger partial charge in [-0.05, 0) is 49.4 Å². The van der Waals surface area contributed by atoms with Gasteiger partial charge < -0.3 is 26.2 Å². The lowest BCUT2D eigenvalue weighted by Gasteiger charge is -2.36. The average molecular weight is 617 g/mol. The zero-order valence-corrected chi connectivity index (χ0v) is 25.2. The van der Waals surface area contributed by atoms with Crippen molar-refractivity contribution in [2.24, 2.45) is 5.73 Å². The largest absolute Gasteiger partial charge is 0.416 e. The number of nitrogens with zero attached hydrogens (tertiary/aromatic N) is 4. The summed E-state index contributed by atoms with van der Waals surface area (Å²) in [6, 6.07) is 8.63. The monoisotopic (exact) mass is 616 g/mol. The lowest BCUT2D eigenvalue weighted by atomic mass is 10.1. The number of hydrogen-bond acceptors (Lipinski definition) is 9. The van der Waals surface area contributed by atoms with E-state index in [0.717, 1.165) is 37.3 Å². The van der Waals surface area contributed by atoms with Gasteiger partial charge >= 0.3 is 6.18 Å². The van der Waals surface area contributed by atoms with E-state index in [1.165, 1.54) is 18.3 Å². The van der Waals surface area contributed by atoms with Gasteiger partial charge in [0.2, 0.25) is 5.91 Å². The van der Waals surface area contributed by atoms with E-state index in [-0.39, 0.29) is 17.2 Å². The molecule has 0 unspecified atom stereocenters. The van der Waals surface area contributed by atoms with Crippen LogP contribution < -0.4 is 31.7 Å². The van der Waals surface area contributed by atoms with Gasteiger partial charge in [-0.15, -0.1) is 0 Å². The van der Waals surface area contributed by atoms with Gasteiger partial charge in [0.1, 0.15) is 0 Å². The van der Waals surface area contributed by atoms with Crippen LogP contribution in [0.5, 0.6) is 0 Å². The molecule has 1 saturated heterocycles. The Kier molecular flexibility index (Phi) is 9.94. The van der Waals surface area contributed by atoms with E-state index in [9.17, 15) is 22.8 Å². The van der Waals surface area contributed by atoms with Crippen LogP contribution >= 0.6 is 11.3 Å². The smallest absolute Gasteiger partial charge is 0.396 e. The van der Waals surface area contributed by atoms with E-state index in [2.05, 4.69) is 32.9 Å². The van der Waals surface area contributed by atoms with Crippen LogP contribution in [0.25, 0.3) is 5.70 Å². The molecule has 0 spiro atoms. The Hall–Kier alpha value is -4.14. The number of anilines is 4. The number of amides is 2. The summed E-state index contributed by atoms with van der Waals surface area (Å²) in [5.41, 5.74) is 11.0. The first-order valence-electron chi connectivity index (χ1n) is 13.7. The predicted molar refractivity (Wildman–Crippen MR) is 165 cm³/mol. The van der Waals surface area contributed by atoms with Crippen molar-refractivity contribution in [2.75, 3.05) is 60.3 Å². The van der Waals surface area contributed by atoms with Crippen molar-refractivity contribution in [3.05, 3.63) is 70.4 Å². The van der Waals surface area contributed by atoms with Crippen LogP contribution in [0, 0.1) is 6.92 Å². The molecule has 4 rings (SSSR count). The quantitative estimate of drug-likeness (QED) is 0.255. The van der Waals surface area contributed by atoms with Gasteiger partial charge in [0.25, 0.3) is 5.91 Å². The first-order valence-corrected chi connectivity index (χ1v) is 14.5. The molecule has 5 N–H and O–H groups in total. The zero-order chi connectivity index (χ0) is 31.3. The second-order valence-corrected chi connectivity index (χ2v) is 11.1. The number of thiazole rings is 1. The van der Waals surface area contributed by atoms with E-state index in [1.807, 2.05) is 11.8 Å². The molecule has 43 heavy (non-hydrogen) atoms. The summed E-state index contributed by atoms with van der Waals surface area (Å²) in [6.07, 6.45) is -1.41. The molecule has 0 atom stereocenters. The van der Waals surface area contributed by atoms with Crippen LogP contribution in [0.1, 0.15) is 40.2 Å². The highest BCUT2D eigenvalue weighted by molar-refractivity contribution is 7.16. The fourth-order valence-corrected chi connectivity index (χ4v) is 5.42. The maximum atomic E-state index is 13.8. The molecule has 1 fully saturated rings. The number of nitrogens with two attached hydrogens (primary N) is 1. The van der Waals surface area contributed by atoms with E-state index < -0.39 is 17.6 Å². The van der Waals surface area contributed by atoms with Crippen molar-refractivity contribution >= 4 is 51.0 Å². The highest BCUT2D eigenvalue weighted by Gasteiger charge is 2.32. The number of hydrogen-bond donors (Lipinski definition) is 4. The number of carbonyl (C=O) groups excluding carboxylic acids is 2. The third-order valence-corrected chi connectivity index (χ3v) is 7.96. The normalized spacial score (nSPS) is 14.5. The second-order valence-electron chi connectivity index (χ2n) is 10.0. The fraction of sp³-hybridized carbons (Fsp3) is 0.345. The van der Waals surface area contributed by atoms with Gasteiger partial charge in [0.05, 0.1) is 21.8 Å². The SMILES string of the molecule is CCN1CCN(c2cc(NC(=O)c3ccc(C)c(N(/C=C(\N)c4cnc(NC(C)=O)s4)NC)c3)cc(C(F)(F)F)c2)CC1. The van der Waals surface area contributed by atoms with Crippen LogP contribution in [0.4, 0.5) is 35.4 Å². The Morgan fingerprint density at radius 1 is 1.12 bits per heavy atom. The van der Waals surface area contributed by atoms with Crippen molar-refractivity contribution in [3.8, 4) is 0 Å². The lowest BCUT2D eigenvalue weighted by Crippen LogP contribution is -2.46. The Balaban J connectivity index is 1.58. The Morgan fingerprint density at radius 2 is 1.84 bits per heavy atom. The Morgan fingerprint density at radius 3 is 2.47 bits per heavy atom. The topological polar surface area (TPSA) is 119 Å². The maximum Gasteiger partial charge on any atom is 0.416 e. The predicted octanol–water partition coefficient (Wildman–Crippen LogP) is 4.72. The summed E-state index contributed by atoms with van der Waals surface area (Å²) in [5, 5.41) is 7.30. The van der Waals surface area contributed by atoms with Crippen LogP contribution in [-0.2, 0) is 11.0 Å². The van der Waals surface area contributed by atoms with Crippen molar-refractivity contribution in [3.63, 3.8) is 0 Å². The molecule has 0 aliphatic carbocycles. The molecule has 2 amide bonds. The van der Waals surface area contributed by atoms with Crippen molar-refractivity contribution in [1.29, 1.82) is 0 Å². The number of nitrogens with one attached hydrogen (secondary N) is 3. The molecule has 2 aromatic carbocycles. The molecular formula is C29H35F3N8O2S. The summed E-state index contributed by atoms with van der Waals surface area (Å²) in [7, 11) is 1.68. The number of hydrazine groups is 1. The van der Waals surface area contributed by atoms with Gasteiger partial charge in [-0.3, -0.25) is 14.6 Å².